The van der Waals surface area contributed by atoms with Crippen molar-refractivity contribution >= 4 is 17.2 Å². The lowest BCUT2D eigenvalue weighted by Gasteiger charge is -2.10. The smallest absolute Gasteiger partial charge is 0.226 e. The van der Waals surface area contributed by atoms with Crippen molar-refractivity contribution in [2.24, 2.45) is 0 Å². The Kier molecular flexibility index (Phi) is 4.47. The summed E-state index contributed by atoms with van der Waals surface area (Å²) in [5, 5.41) is 9.58. The lowest BCUT2D eigenvalue weighted by atomic mass is 10.2. The average Bonchev–Trinajstić information content (AvgIpc) is 3.17. The van der Waals surface area contributed by atoms with Gasteiger partial charge in [-0.05, 0) is 26.0 Å². The Labute approximate surface area is 137 Å². The number of rotatable bonds is 5. The Hall–Kier alpha value is -2.54. The second-order valence-corrected chi connectivity index (χ2v) is 6.10. The van der Waals surface area contributed by atoms with Crippen molar-refractivity contribution in [2.75, 3.05) is 0 Å². The molecule has 0 fully saturated rings. The molecule has 1 atom stereocenters. The van der Waals surface area contributed by atoms with E-state index in [4.69, 9.17) is 4.52 Å². The van der Waals surface area contributed by atoms with Crippen LogP contribution in [0.25, 0.3) is 11.3 Å². The molecule has 0 spiro atoms. The Morgan fingerprint density at radius 1 is 1.48 bits per heavy atom. The van der Waals surface area contributed by atoms with Gasteiger partial charge in [-0.3, -0.25) is 9.78 Å². The van der Waals surface area contributed by atoms with Crippen LogP contribution >= 0.6 is 11.3 Å². The summed E-state index contributed by atoms with van der Waals surface area (Å²) in [6.45, 7) is 3.71. The highest BCUT2D eigenvalue weighted by atomic mass is 32.1. The molecule has 0 aliphatic carbocycles. The van der Waals surface area contributed by atoms with Gasteiger partial charge in [-0.25, -0.2) is 4.98 Å². The highest BCUT2D eigenvalue weighted by Gasteiger charge is 2.15. The highest BCUT2D eigenvalue weighted by molar-refractivity contribution is 7.10. The predicted octanol–water partition coefficient (Wildman–Crippen LogP) is 2.92. The maximum absolute atomic E-state index is 12.1. The van der Waals surface area contributed by atoms with Crippen molar-refractivity contribution in [2.45, 2.75) is 26.3 Å². The second-order valence-electron chi connectivity index (χ2n) is 5.21. The fourth-order valence-corrected chi connectivity index (χ4v) is 2.99. The van der Waals surface area contributed by atoms with Crippen LogP contribution in [0.1, 0.15) is 29.4 Å². The molecule has 0 aromatic carbocycles. The van der Waals surface area contributed by atoms with E-state index in [-0.39, 0.29) is 18.4 Å². The van der Waals surface area contributed by atoms with E-state index in [9.17, 15) is 4.79 Å². The summed E-state index contributed by atoms with van der Waals surface area (Å²) in [6, 6.07) is 5.43. The average molecular weight is 328 g/mol. The van der Waals surface area contributed by atoms with Crippen LogP contribution < -0.4 is 5.32 Å². The molecule has 0 radical (unpaired) electrons. The number of hydrogen-bond donors (Lipinski definition) is 1. The van der Waals surface area contributed by atoms with Gasteiger partial charge in [-0.1, -0.05) is 5.16 Å². The van der Waals surface area contributed by atoms with Crippen molar-refractivity contribution in [1.29, 1.82) is 0 Å². The number of pyridine rings is 1. The Morgan fingerprint density at radius 3 is 3.04 bits per heavy atom. The summed E-state index contributed by atoms with van der Waals surface area (Å²) >= 11 is 1.52. The molecule has 7 heteroatoms. The summed E-state index contributed by atoms with van der Waals surface area (Å²) in [6.07, 6.45) is 3.70. The maximum atomic E-state index is 12.1. The molecule has 3 aromatic heterocycles. The minimum absolute atomic E-state index is 0.107. The first-order chi connectivity index (χ1) is 11.1. The normalized spacial score (nSPS) is 12.1. The molecule has 3 rings (SSSR count). The van der Waals surface area contributed by atoms with E-state index in [1.807, 2.05) is 24.4 Å². The molecule has 0 bridgehead atoms. The predicted molar refractivity (Wildman–Crippen MR) is 86.8 cm³/mol. The zero-order chi connectivity index (χ0) is 16.2. The monoisotopic (exact) mass is 328 g/mol. The van der Waals surface area contributed by atoms with Gasteiger partial charge >= 0.3 is 0 Å². The summed E-state index contributed by atoms with van der Waals surface area (Å²) in [7, 11) is 0. The van der Waals surface area contributed by atoms with E-state index in [1.54, 1.807) is 25.4 Å². The largest absolute Gasteiger partial charge is 0.361 e. The number of aryl methyl sites for hydroxylation is 1. The van der Waals surface area contributed by atoms with Gasteiger partial charge in [0.2, 0.25) is 5.91 Å². The van der Waals surface area contributed by atoms with Crippen LogP contribution in [0, 0.1) is 6.92 Å². The van der Waals surface area contributed by atoms with Crippen LogP contribution in [-0.2, 0) is 11.2 Å². The number of carbonyl (C=O) groups is 1. The number of amides is 1. The number of hydrogen-bond acceptors (Lipinski definition) is 6. The van der Waals surface area contributed by atoms with Gasteiger partial charge in [0.25, 0.3) is 0 Å². The number of thiazole rings is 1. The van der Waals surface area contributed by atoms with Gasteiger partial charge in [0.15, 0.2) is 0 Å². The third-order valence-electron chi connectivity index (χ3n) is 3.25. The molecule has 0 saturated carbocycles. The number of aromatic nitrogens is 3. The van der Waals surface area contributed by atoms with Crippen molar-refractivity contribution < 1.29 is 9.32 Å². The molecule has 0 aliphatic heterocycles. The van der Waals surface area contributed by atoms with Crippen LogP contribution in [0.4, 0.5) is 0 Å². The number of nitrogens with one attached hydrogen (secondary N) is 1. The van der Waals surface area contributed by atoms with E-state index in [2.05, 4.69) is 20.4 Å². The molecule has 23 heavy (non-hydrogen) atoms. The first-order valence-corrected chi connectivity index (χ1v) is 8.07. The topological polar surface area (TPSA) is 80.9 Å². The summed E-state index contributed by atoms with van der Waals surface area (Å²) in [4.78, 5) is 20.7. The van der Waals surface area contributed by atoms with Gasteiger partial charge in [0.05, 0.1) is 23.9 Å². The van der Waals surface area contributed by atoms with E-state index in [1.165, 1.54) is 11.3 Å². The zero-order valence-corrected chi connectivity index (χ0v) is 13.6. The maximum Gasteiger partial charge on any atom is 0.226 e. The summed E-state index contributed by atoms with van der Waals surface area (Å²) < 4.78 is 4.96. The van der Waals surface area contributed by atoms with Crippen LogP contribution in [0.15, 0.2) is 40.5 Å². The van der Waals surface area contributed by atoms with E-state index in [0.29, 0.717) is 11.5 Å². The first kappa shape index (κ1) is 15.4. The van der Waals surface area contributed by atoms with E-state index >= 15 is 0 Å². The van der Waals surface area contributed by atoms with E-state index < -0.39 is 0 Å². The zero-order valence-electron chi connectivity index (χ0n) is 12.8. The Balaban J connectivity index is 1.63. The molecule has 0 saturated heterocycles. The molecule has 1 N–H and O–H groups in total. The van der Waals surface area contributed by atoms with Gasteiger partial charge < -0.3 is 9.84 Å². The molecule has 3 aromatic rings. The van der Waals surface area contributed by atoms with Crippen LogP contribution in [0.2, 0.25) is 0 Å². The molecule has 0 aliphatic rings. The number of nitrogens with zero attached hydrogens (tertiary/aromatic N) is 3. The fraction of sp³-hybridized carbons (Fsp3) is 0.250. The molecular weight excluding hydrogens is 312 g/mol. The third-order valence-corrected chi connectivity index (χ3v) is 4.27. The molecule has 1 amide bonds. The van der Waals surface area contributed by atoms with E-state index in [0.717, 1.165) is 16.3 Å². The van der Waals surface area contributed by atoms with Crippen LogP contribution in [0.5, 0.6) is 0 Å². The minimum Gasteiger partial charge on any atom is -0.361 e. The van der Waals surface area contributed by atoms with Crippen molar-refractivity contribution in [3.05, 3.63) is 52.4 Å². The molecule has 118 valence electrons. The SMILES string of the molecule is Cc1cc(CC(=O)NC(C)c2nc(-c3cccnc3)cs2)no1. The minimum atomic E-state index is -0.161. The quantitative estimate of drug-likeness (QED) is 0.779. The van der Waals surface area contributed by atoms with Gasteiger partial charge in [-0.15, -0.1) is 11.3 Å². The lowest BCUT2D eigenvalue weighted by Crippen LogP contribution is -2.28. The molecular formula is C16H16N4O2S. The fourth-order valence-electron chi connectivity index (χ4n) is 2.15. The molecule has 1 unspecified atom stereocenters. The third kappa shape index (κ3) is 3.81. The molecule has 3 heterocycles. The van der Waals surface area contributed by atoms with Crippen LogP contribution in [-0.4, -0.2) is 21.0 Å². The standard InChI is InChI=1S/C16H16N4O2S/c1-10-6-13(20-22-10)7-15(21)18-11(2)16-19-14(9-23-16)12-4-3-5-17-8-12/h3-6,8-9,11H,7H2,1-2H3,(H,18,21). The summed E-state index contributed by atoms with van der Waals surface area (Å²) in [5.41, 5.74) is 2.46. The van der Waals surface area contributed by atoms with Crippen molar-refractivity contribution in [3.63, 3.8) is 0 Å². The first-order valence-electron chi connectivity index (χ1n) is 7.19. The van der Waals surface area contributed by atoms with Gasteiger partial charge in [0, 0.05) is 29.4 Å². The van der Waals surface area contributed by atoms with Crippen molar-refractivity contribution in [1.82, 2.24) is 20.4 Å². The summed E-state index contributed by atoms with van der Waals surface area (Å²) in [5.74, 6) is 0.589. The Bertz CT molecular complexity index is 797. The lowest BCUT2D eigenvalue weighted by molar-refractivity contribution is -0.121. The second kappa shape index (κ2) is 6.70. The highest BCUT2D eigenvalue weighted by Crippen LogP contribution is 2.24. The van der Waals surface area contributed by atoms with Crippen molar-refractivity contribution in [3.8, 4) is 11.3 Å². The van der Waals surface area contributed by atoms with Crippen LogP contribution in [0.3, 0.4) is 0 Å². The number of carbonyl (C=O) groups excluding carboxylic acids is 1. The van der Waals surface area contributed by atoms with Gasteiger partial charge in [0.1, 0.15) is 10.8 Å². The Morgan fingerprint density at radius 2 is 2.35 bits per heavy atom. The van der Waals surface area contributed by atoms with Gasteiger partial charge in [-0.2, -0.15) is 0 Å². The molecule has 6 nitrogen and oxygen atoms in total.